The van der Waals surface area contributed by atoms with E-state index in [4.69, 9.17) is 0 Å². The summed E-state index contributed by atoms with van der Waals surface area (Å²) in [6.45, 7) is 0.784. The van der Waals surface area contributed by atoms with Crippen molar-refractivity contribution in [2.45, 2.75) is 23.9 Å². The molecule has 4 rings (SSSR count). The molecule has 0 atom stereocenters. The zero-order valence-electron chi connectivity index (χ0n) is 18.2. The van der Waals surface area contributed by atoms with E-state index in [0.29, 0.717) is 41.5 Å². The van der Waals surface area contributed by atoms with Crippen LogP contribution in [0.1, 0.15) is 27.0 Å². The molecule has 172 valence electrons. The number of nitrogens with zero attached hydrogens (tertiary/aromatic N) is 4. The van der Waals surface area contributed by atoms with Gasteiger partial charge in [0.05, 0.1) is 0 Å². The molecule has 0 aliphatic heterocycles. The molecule has 34 heavy (non-hydrogen) atoms. The van der Waals surface area contributed by atoms with Crippen LogP contribution in [0.25, 0.3) is 0 Å². The Morgan fingerprint density at radius 1 is 1.00 bits per heavy atom. The maximum atomic E-state index is 13.2. The number of aromatic nitrogens is 4. The standard InChI is InChI=1S/C25H22FN5O2S/c26-22-8-6-18(7-9-22)16-34-25-30-24(33)21(12-19-13-27-17-28-14-19)15-31(25)11-10-29-23(32)20-4-2-1-3-5-20/h1-9,13-15,17H,10-12,16H2,(H,29,32). The van der Waals surface area contributed by atoms with Gasteiger partial charge in [0.25, 0.3) is 11.5 Å². The average molecular weight is 476 g/mol. The van der Waals surface area contributed by atoms with Crippen molar-refractivity contribution in [2.75, 3.05) is 6.54 Å². The van der Waals surface area contributed by atoms with E-state index in [1.807, 2.05) is 22.8 Å². The Labute approximate surface area is 200 Å². The number of benzene rings is 2. The topological polar surface area (TPSA) is 89.8 Å². The van der Waals surface area contributed by atoms with Crippen molar-refractivity contribution >= 4 is 17.7 Å². The summed E-state index contributed by atoms with van der Waals surface area (Å²) in [6, 6.07) is 15.2. The average Bonchev–Trinajstić information content (AvgIpc) is 2.87. The summed E-state index contributed by atoms with van der Waals surface area (Å²) in [5, 5.41) is 3.43. The third-order valence-corrected chi connectivity index (χ3v) is 6.05. The number of hydrogen-bond donors (Lipinski definition) is 1. The predicted octanol–water partition coefficient (Wildman–Crippen LogP) is 3.49. The van der Waals surface area contributed by atoms with Crippen molar-refractivity contribution in [3.05, 3.63) is 118 Å². The van der Waals surface area contributed by atoms with Gasteiger partial charge in [0.1, 0.15) is 12.1 Å². The van der Waals surface area contributed by atoms with Gasteiger partial charge in [-0.15, -0.1) is 0 Å². The van der Waals surface area contributed by atoms with Crippen molar-refractivity contribution in [3.8, 4) is 0 Å². The molecule has 7 nitrogen and oxygen atoms in total. The number of carbonyl (C=O) groups excluding carboxylic acids is 1. The third kappa shape index (κ3) is 6.35. The minimum absolute atomic E-state index is 0.170. The summed E-state index contributed by atoms with van der Waals surface area (Å²) in [5.74, 6) is 0.0542. The number of thioether (sulfide) groups is 1. The van der Waals surface area contributed by atoms with Crippen molar-refractivity contribution in [3.63, 3.8) is 0 Å². The van der Waals surface area contributed by atoms with Crippen LogP contribution in [0.15, 0.2) is 89.5 Å². The smallest absolute Gasteiger partial charge is 0.277 e. The fourth-order valence-corrected chi connectivity index (χ4v) is 4.21. The lowest BCUT2D eigenvalue weighted by atomic mass is 10.1. The molecule has 0 saturated heterocycles. The number of carbonyl (C=O) groups is 1. The molecule has 9 heteroatoms. The molecule has 2 heterocycles. The summed E-state index contributed by atoms with van der Waals surface area (Å²) in [6.07, 6.45) is 6.88. The van der Waals surface area contributed by atoms with Crippen LogP contribution in [0.2, 0.25) is 0 Å². The number of rotatable bonds is 9. The Morgan fingerprint density at radius 3 is 2.47 bits per heavy atom. The van der Waals surface area contributed by atoms with Crippen molar-refractivity contribution in [1.29, 1.82) is 0 Å². The first kappa shape index (κ1) is 23.3. The molecule has 1 N–H and O–H groups in total. The number of halogens is 1. The molecule has 0 fully saturated rings. The van der Waals surface area contributed by atoms with Crippen LogP contribution in [0, 0.1) is 5.82 Å². The van der Waals surface area contributed by atoms with Crippen molar-refractivity contribution in [2.24, 2.45) is 0 Å². The van der Waals surface area contributed by atoms with E-state index >= 15 is 0 Å². The van der Waals surface area contributed by atoms with E-state index in [2.05, 4.69) is 20.3 Å². The molecule has 2 aromatic heterocycles. The van der Waals surface area contributed by atoms with Gasteiger partial charge in [-0.2, -0.15) is 4.98 Å². The first-order chi connectivity index (χ1) is 16.6. The van der Waals surface area contributed by atoms with E-state index in [0.717, 1.165) is 11.1 Å². The second-order valence-corrected chi connectivity index (χ2v) is 8.45. The number of amides is 1. The molecule has 0 aliphatic rings. The van der Waals surface area contributed by atoms with Crippen LogP contribution in [-0.4, -0.2) is 32.0 Å². The maximum Gasteiger partial charge on any atom is 0.277 e. The lowest BCUT2D eigenvalue weighted by Gasteiger charge is -2.14. The first-order valence-electron chi connectivity index (χ1n) is 10.6. The highest BCUT2D eigenvalue weighted by molar-refractivity contribution is 7.98. The van der Waals surface area contributed by atoms with E-state index in [-0.39, 0.29) is 17.3 Å². The molecular weight excluding hydrogens is 453 g/mol. The molecule has 0 bridgehead atoms. The summed E-state index contributed by atoms with van der Waals surface area (Å²) >= 11 is 1.38. The molecule has 0 saturated carbocycles. The summed E-state index contributed by atoms with van der Waals surface area (Å²) in [7, 11) is 0. The van der Waals surface area contributed by atoms with E-state index in [1.165, 1.54) is 30.2 Å². The molecule has 0 spiro atoms. The highest BCUT2D eigenvalue weighted by Crippen LogP contribution is 2.21. The zero-order valence-corrected chi connectivity index (χ0v) is 19.0. The van der Waals surface area contributed by atoms with E-state index < -0.39 is 0 Å². The van der Waals surface area contributed by atoms with Gasteiger partial charge in [-0.1, -0.05) is 42.1 Å². The maximum absolute atomic E-state index is 13.2. The summed E-state index contributed by atoms with van der Waals surface area (Å²) in [4.78, 5) is 37.4. The second kappa shape index (κ2) is 11.3. The van der Waals surface area contributed by atoms with Crippen molar-refractivity contribution in [1.82, 2.24) is 24.8 Å². The Bertz CT molecular complexity index is 1300. The quantitative estimate of drug-likeness (QED) is 0.294. The molecule has 0 unspecified atom stereocenters. The van der Waals surface area contributed by atoms with Gasteiger partial charge in [0.15, 0.2) is 5.16 Å². The minimum atomic E-state index is -0.324. The number of nitrogens with one attached hydrogen (secondary N) is 1. The molecule has 2 aromatic carbocycles. The van der Waals surface area contributed by atoms with Gasteiger partial charge in [-0.3, -0.25) is 9.59 Å². The first-order valence-corrected chi connectivity index (χ1v) is 11.6. The Morgan fingerprint density at radius 2 is 1.74 bits per heavy atom. The predicted molar refractivity (Wildman–Crippen MR) is 128 cm³/mol. The van der Waals surface area contributed by atoms with Gasteiger partial charge in [-0.25, -0.2) is 14.4 Å². The minimum Gasteiger partial charge on any atom is -0.350 e. The van der Waals surface area contributed by atoms with Crippen LogP contribution in [0.3, 0.4) is 0 Å². The zero-order chi connectivity index (χ0) is 23.8. The van der Waals surface area contributed by atoms with Gasteiger partial charge in [-0.05, 0) is 35.4 Å². The lowest BCUT2D eigenvalue weighted by Crippen LogP contribution is -2.29. The molecule has 4 aromatic rings. The number of hydrogen-bond acceptors (Lipinski definition) is 6. The van der Waals surface area contributed by atoms with Crippen molar-refractivity contribution < 1.29 is 9.18 Å². The van der Waals surface area contributed by atoms with Crippen LogP contribution >= 0.6 is 11.8 Å². The Balaban J connectivity index is 1.52. The van der Waals surface area contributed by atoms with Crippen LogP contribution in [0.5, 0.6) is 0 Å². The van der Waals surface area contributed by atoms with Crippen LogP contribution < -0.4 is 10.9 Å². The van der Waals surface area contributed by atoms with E-state index in [9.17, 15) is 14.0 Å². The highest BCUT2D eigenvalue weighted by Gasteiger charge is 2.12. The highest BCUT2D eigenvalue weighted by atomic mass is 32.2. The molecule has 0 aliphatic carbocycles. The third-order valence-electron chi connectivity index (χ3n) is 4.99. The largest absolute Gasteiger partial charge is 0.350 e. The van der Waals surface area contributed by atoms with Crippen LogP contribution in [0.4, 0.5) is 4.39 Å². The normalized spacial score (nSPS) is 10.7. The fourth-order valence-electron chi connectivity index (χ4n) is 3.27. The van der Waals surface area contributed by atoms with Gasteiger partial charge >= 0.3 is 0 Å². The van der Waals surface area contributed by atoms with Gasteiger partial charge in [0.2, 0.25) is 0 Å². The van der Waals surface area contributed by atoms with Gasteiger partial charge < -0.3 is 9.88 Å². The monoisotopic (exact) mass is 475 g/mol. The molecular formula is C25H22FN5O2S. The lowest BCUT2D eigenvalue weighted by molar-refractivity contribution is 0.0952. The molecule has 1 amide bonds. The van der Waals surface area contributed by atoms with Crippen LogP contribution in [-0.2, 0) is 18.7 Å². The van der Waals surface area contributed by atoms with E-state index in [1.54, 1.807) is 42.9 Å². The fraction of sp³-hybridized carbons (Fsp3) is 0.160. The van der Waals surface area contributed by atoms with Gasteiger partial charge in [0, 0.05) is 55.0 Å². The summed E-state index contributed by atoms with van der Waals surface area (Å²) in [5.41, 5.74) is 2.48. The Hall–Kier alpha value is -3.85. The Kier molecular flexibility index (Phi) is 7.77. The second-order valence-electron chi connectivity index (χ2n) is 7.51. The summed E-state index contributed by atoms with van der Waals surface area (Å²) < 4.78 is 15.1. The molecule has 0 radical (unpaired) electrons. The SMILES string of the molecule is O=C(NCCn1cc(Cc2cncnc2)c(=O)nc1SCc1ccc(F)cc1)c1ccccc1.